The maximum absolute atomic E-state index is 13.4. The SMILES string of the molecule is C#Cc1cccc2nc(C(C)NC(=O)C(=N)C(C)=N)n(-c3ccc(F)cc3)c(=O)c12. The standard InChI is InChI=1S/C22H18FN5O2/c1-4-14-6-5-7-17-18(14)22(30)28(16-10-8-15(23)9-11-16)20(27-17)13(3)26-21(29)19(25)12(2)24/h1,5-11,13,24-25H,2-3H3,(H,26,29). The maximum atomic E-state index is 13.4. The van der Waals surface area contributed by atoms with Crippen molar-refractivity contribution in [3.8, 4) is 18.0 Å². The van der Waals surface area contributed by atoms with E-state index in [-0.39, 0.29) is 16.9 Å². The van der Waals surface area contributed by atoms with Gasteiger partial charge < -0.3 is 10.7 Å². The van der Waals surface area contributed by atoms with E-state index in [1.54, 1.807) is 25.1 Å². The van der Waals surface area contributed by atoms with Crippen LogP contribution in [0.15, 0.2) is 47.3 Å². The van der Waals surface area contributed by atoms with Crippen LogP contribution in [0.25, 0.3) is 16.6 Å². The molecular formula is C22H18FN5O2. The molecule has 1 amide bonds. The number of aromatic nitrogens is 2. The van der Waals surface area contributed by atoms with Gasteiger partial charge in [-0.2, -0.15) is 0 Å². The molecular weight excluding hydrogens is 385 g/mol. The van der Waals surface area contributed by atoms with Crippen LogP contribution in [0, 0.1) is 29.0 Å². The first-order chi connectivity index (χ1) is 14.2. The molecule has 1 aromatic heterocycles. The number of carbonyl (C=O) groups excluding carboxylic acids is 1. The lowest BCUT2D eigenvalue weighted by molar-refractivity contribution is -0.115. The van der Waals surface area contributed by atoms with E-state index in [1.165, 1.54) is 35.8 Å². The fourth-order valence-corrected chi connectivity index (χ4v) is 3.00. The Bertz CT molecular complexity index is 1290. The molecule has 0 saturated carbocycles. The number of nitrogens with one attached hydrogen (secondary N) is 3. The second-order valence-corrected chi connectivity index (χ2v) is 6.63. The zero-order valence-corrected chi connectivity index (χ0v) is 16.3. The van der Waals surface area contributed by atoms with Crippen LogP contribution in [0.5, 0.6) is 0 Å². The van der Waals surface area contributed by atoms with Gasteiger partial charge in [-0.15, -0.1) is 6.42 Å². The molecule has 0 aliphatic heterocycles. The smallest absolute Gasteiger partial charge is 0.271 e. The quantitative estimate of drug-likeness (QED) is 0.450. The Hall–Kier alpha value is -4.12. The Morgan fingerprint density at radius 2 is 1.90 bits per heavy atom. The Morgan fingerprint density at radius 1 is 1.23 bits per heavy atom. The Morgan fingerprint density at radius 3 is 2.50 bits per heavy atom. The summed E-state index contributed by atoms with van der Waals surface area (Å²) >= 11 is 0. The largest absolute Gasteiger partial charge is 0.341 e. The molecule has 0 saturated heterocycles. The zero-order valence-electron chi connectivity index (χ0n) is 16.3. The average Bonchev–Trinajstić information content (AvgIpc) is 2.73. The van der Waals surface area contributed by atoms with Crippen LogP contribution in [0.1, 0.15) is 31.3 Å². The molecule has 1 atom stereocenters. The molecule has 0 aliphatic carbocycles. The second-order valence-electron chi connectivity index (χ2n) is 6.63. The van der Waals surface area contributed by atoms with E-state index in [0.29, 0.717) is 16.8 Å². The van der Waals surface area contributed by atoms with Crippen molar-refractivity contribution in [2.24, 2.45) is 0 Å². The lowest BCUT2D eigenvalue weighted by Crippen LogP contribution is -2.38. The number of fused-ring (bicyclic) bond motifs is 1. The van der Waals surface area contributed by atoms with E-state index in [4.69, 9.17) is 17.2 Å². The highest BCUT2D eigenvalue weighted by atomic mass is 19.1. The van der Waals surface area contributed by atoms with E-state index in [2.05, 4.69) is 16.2 Å². The Balaban J connectivity index is 2.26. The number of hydrogen-bond acceptors (Lipinski definition) is 5. The highest BCUT2D eigenvalue weighted by molar-refractivity contribution is 6.64. The van der Waals surface area contributed by atoms with Crippen molar-refractivity contribution in [2.75, 3.05) is 0 Å². The topological polar surface area (TPSA) is 112 Å². The molecule has 3 N–H and O–H groups in total. The first-order valence-electron chi connectivity index (χ1n) is 8.97. The first-order valence-corrected chi connectivity index (χ1v) is 8.97. The number of terminal acetylenes is 1. The average molecular weight is 403 g/mol. The van der Waals surface area contributed by atoms with Gasteiger partial charge in [-0.3, -0.25) is 19.6 Å². The summed E-state index contributed by atoms with van der Waals surface area (Å²) in [6, 6.07) is 9.39. The summed E-state index contributed by atoms with van der Waals surface area (Å²) in [5.41, 5.74) is -0.0890. The van der Waals surface area contributed by atoms with Crippen molar-refractivity contribution in [3.63, 3.8) is 0 Å². The zero-order chi connectivity index (χ0) is 22.0. The summed E-state index contributed by atoms with van der Waals surface area (Å²) in [6.07, 6.45) is 5.54. The van der Waals surface area contributed by atoms with Crippen LogP contribution in [-0.2, 0) is 4.79 Å². The molecule has 7 nitrogen and oxygen atoms in total. The van der Waals surface area contributed by atoms with Crippen molar-refractivity contribution in [3.05, 3.63) is 70.0 Å². The number of hydrogen-bond donors (Lipinski definition) is 3. The normalized spacial score (nSPS) is 11.5. The van der Waals surface area contributed by atoms with Gasteiger partial charge in [-0.1, -0.05) is 12.0 Å². The van der Waals surface area contributed by atoms with E-state index >= 15 is 0 Å². The molecule has 3 rings (SSSR count). The van der Waals surface area contributed by atoms with Gasteiger partial charge in [0.2, 0.25) is 0 Å². The van der Waals surface area contributed by atoms with Crippen LogP contribution >= 0.6 is 0 Å². The minimum Gasteiger partial charge on any atom is -0.341 e. The van der Waals surface area contributed by atoms with Gasteiger partial charge in [0.15, 0.2) is 0 Å². The van der Waals surface area contributed by atoms with E-state index < -0.39 is 29.0 Å². The van der Waals surface area contributed by atoms with Crippen molar-refractivity contribution < 1.29 is 9.18 Å². The Kier molecular flexibility index (Phi) is 5.56. The van der Waals surface area contributed by atoms with Crippen molar-refractivity contribution in [2.45, 2.75) is 19.9 Å². The fraction of sp³-hybridized carbons (Fsp3) is 0.136. The van der Waals surface area contributed by atoms with Gasteiger partial charge in [0.1, 0.15) is 17.4 Å². The predicted octanol–water partition coefficient (Wildman–Crippen LogP) is 2.74. The highest BCUT2D eigenvalue weighted by Gasteiger charge is 2.22. The summed E-state index contributed by atoms with van der Waals surface area (Å²) in [4.78, 5) is 30.2. The first kappa shape index (κ1) is 20.6. The van der Waals surface area contributed by atoms with Gasteiger partial charge in [-0.25, -0.2) is 9.37 Å². The second kappa shape index (κ2) is 8.09. The van der Waals surface area contributed by atoms with Gasteiger partial charge in [0.05, 0.1) is 28.3 Å². The molecule has 0 bridgehead atoms. The molecule has 1 unspecified atom stereocenters. The lowest BCUT2D eigenvalue weighted by Gasteiger charge is -2.20. The minimum atomic E-state index is -0.797. The van der Waals surface area contributed by atoms with Crippen LogP contribution in [0.4, 0.5) is 4.39 Å². The third-order valence-electron chi connectivity index (χ3n) is 4.50. The van der Waals surface area contributed by atoms with Crippen LogP contribution < -0.4 is 10.9 Å². The minimum absolute atomic E-state index is 0.178. The highest BCUT2D eigenvalue weighted by Crippen LogP contribution is 2.20. The molecule has 2 aromatic carbocycles. The number of amides is 1. The summed E-state index contributed by atoms with van der Waals surface area (Å²) in [5.74, 6) is 1.41. The molecule has 0 spiro atoms. The van der Waals surface area contributed by atoms with E-state index in [0.717, 1.165) is 0 Å². The van der Waals surface area contributed by atoms with Gasteiger partial charge in [0, 0.05) is 5.56 Å². The number of carbonyl (C=O) groups is 1. The summed E-state index contributed by atoms with van der Waals surface area (Å²) in [5, 5.41) is 17.9. The number of halogens is 1. The summed E-state index contributed by atoms with van der Waals surface area (Å²) in [6.45, 7) is 2.93. The monoisotopic (exact) mass is 403 g/mol. The van der Waals surface area contributed by atoms with Crippen LogP contribution in [0.3, 0.4) is 0 Å². The third-order valence-corrected chi connectivity index (χ3v) is 4.50. The molecule has 0 radical (unpaired) electrons. The number of rotatable bonds is 5. The summed E-state index contributed by atoms with van der Waals surface area (Å²) < 4.78 is 14.7. The molecule has 1 heterocycles. The number of nitrogens with zero attached hydrogens (tertiary/aromatic N) is 2. The van der Waals surface area contributed by atoms with Crippen LogP contribution in [0.2, 0.25) is 0 Å². The molecule has 0 fully saturated rings. The molecule has 150 valence electrons. The summed E-state index contributed by atoms with van der Waals surface area (Å²) in [7, 11) is 0. The van der Waals surface area contributed by atoms with Gasteiger partial charge in [0.25, 0.3) is 11.5 Å². The molecule has 30 heavy (non-hydrogen) atoms. The van der Waals surface area contributed by atoms with Crippen LogP contribution in [-0.4, -0.2) is 26.9 Å². The molecule has 3 aromatic rings. The molecule has 8 heteroatoms. The third kappa shape index (κ3) is 3.73. The van der Waals surface area contributed by atoms with E-state index in [9.17, 15) is 14.0 Å². The van der Waals surface area contributed by atoms with Crippen molar-refractivity contribution >= 4 is 28.2 Å². The Labute approximate surface area is 171 Å². The van der Waals surface area contributed by atoms with E-state index in [1.807, 2.05) is 0 Å². The maximum Gasteiger partial charge on any atom is 0.271 e. The number of benzene rings is 2. The fourth-order valence-electron chi connectivity index (χ4n) is 3.00. The lowest BCUT2D eigenvalue weighted by atomic mass is 10.1. The van der Waals surface area contributed by atoms with Crippen molar-refractivity contribution in [1.82, 2.24) is 14.9 Å². The van der Waals surface area contributed by atoms with Crippen molar-refractivity contribution in [1.29, 1.82) is 10.8 Å². The molecule has 0 aliphatic rings. The van der Waals surface area contributed by atoms with Gasteiger partial charge in [-0.05, 0) is 50.2 Å². The predicted molar refractivity (Wildman–Crippen MR) is 113 cm³/mol. The van der Waals surface area contributed by atoms with Gasteiger partial charge >= 0.3 is 0 Å².